The first kappa shape index (κ1) is 10.4. The van der Waals surface area contributed by atoms with Crippen LogP contribution in [0.3, 0.4) is 0 Å². The molecule has 0 aliphatic carbocycles. The minimum Gasteiger partial charge on any atom is -0.316 e. The monoisotopic (exact) mass is 196 g/mol. The standard InChI is InChI=1S/C12H24N2/c1-12(2)6-3-8-14(12)9-5-11-4-7-13-10-11/h11,13H,3-10H2,1-2H3. The normalized spacial score (nSPS) is 32.6. The molecule has 0 amide bonds. The molecule has 1 atom stereocenters. The van der Waals surface area contributed by atoms with Crippen LogP contribution in [0.1, 0.15) is 39.5 Å². The fourth-order valence-corrected chi connectivity index (χ4v) is 2.88. The van der Waals surface area contributed by atoms with Gasteiger partial charge in [-0.3, -0.25) is 4.90 Å². The van der Waals surface area contributed by atoms with Gasteiger partial charge in [-0.25, -0.2) is 0 Å². The summed E-state index contributed by atoms with van der Waals surface area (Å²) in [5.41, 5.74) is 0.478. The van der Waals surface area contributed by atoms with Gasteiger partial charge in [0.05, 0.1) is 0 Å². The van der Waals surface area contributed by atoms with Crippen molar-refractivity contribution in [1.29, 1.82) is 0 Å². The van der Waals surface area contributed by atoms with Crippen molar-refractivity contribution in [3.05, 3.63) is 0 Å². The van der Waals surface area contributed by atoms with Gasteiger partial charge in [0.2, 0.25) is 0 Å². The molecule has 0 saturated carbocycles. The third kappa shape index (κ3) is 2.29. The van der Waals surface area contributed by atoms with E-state index in [1.54, 1.807) is 0 Å². The second-order valence-electron chi connectivity index (χ2n) is 5.55. The van der Waals surface area contributed by atoms with Gasteiger partial charge < -0.3 is 5.32 Å². The van der Waals surface area contributed by atoms with Crippen LogP contribution >= 0.6 is 0 Å². The average molecular weight is 196 g/mol. The van der Waals surface area contributed by atoms with Crippen LogP contribution in [-0.4, -0.2) is 36.6 Å². The SMILES string of the molecule is CC1(C)CCCN1CCC1CCNC1. The predicted molar refractivity (Wildman–Crippen MR) is 60.5 cm³/mol. The molecule has 2 aliphatic rings. The van der Waals surface area contributed by atoms with E-state index >= 15 is 0 Å². The molecular weight excluding hydrogens is 172 g/mol. The van der Waals surface area contributed by atoms with E-state index in [1.165, 1.54) is 51.9 Å². The lowest BCUT2D eigenvalue weighted by Gasteiger charge is -2.32. The molecule has 2 saturated heterocycles. The number of likely N-dealkylation sites (tertiary alicyclic amines) is 1. The van der Waals surface area contributed by atoms with Crippen LogP contribution in [0.15, 0.2) is 0 Å². The topological polar surface area (TPSA) is 15.3 Å². The van der Waals surface area contributed by atoms with Gasteiger partial charge in [-0.1, -0.05) is 0 Å². The minimum atomic E-state index is 0.478. The minimum absolute atomic E-state index is 0.478. The van der Waals surface area contributed by atoms with Crippen LogP contribution in [0.25, 0.3) is 0 Å². The van der Waals surface area contributed by atoms with Crippen molar-refractivity contribution < 1.29 is 0 Å². The zero-order valence-electron chi connectivity index (χ0n) is 9.68. The van der Waals surface area contributed by atoms with Crippen LogP contribution in [0.5, 0.6) is 0 Å². The molecular formula is C12H24N2. The summed E-state index contributed by atoms with van der Waals surface area (Å²) in [4.78, 5) is 2.69. The fourth-order valence-electron chi connectivity index (χ4n) is 2.88. The molecule has 2 heteroatoms. The molecule has 0 radical (unpaired) electrons. The van der Waals surface area contributed by atoms with Crippen LogP contribution < -0.4 is 5.32 Å². The summed E-state index contributed by atoms with van der Waals surface area (Å²) < 4.78 is 0. The first-order valence-electron chi connectivity index (χ1n) is 6.14. The summed E-state index contributed by atoms with van der Waals surface area (Å²) in [7, 11) is 0. The van der Waals surface area contributed by atoms with E-state index in [2.05, 4.69) is 24.1 Å². The van der Waals surface area contributed by atoms with E-state index < -0.39 is 0 Å². The lowest BCUT2D eigenvalue weighted by atomic mass is 10.00. The van der Waals surface area contributed by atoms with Gasteiger partial charge in [-0.05, 0) is 71.6 Å². The highest BCUT2D eigenvalue weighted by molar-refractivity contribution is 4.88. The van der Waals surface area contributed by atoms with E-state index in [1.807, 2.05) is 0 Å². The summed E-state index contributed by atoms with van der Waals surface area (Å²) in [5, 5.41) is 3.45. The van der Waals surface area contributed by atoms with Crippen LogP contribution in [-0.2, 0) is 0 Å². The maximum absolute atomic E-state index is 3.45. The molecule has 2 fully saturated rings. The van der Waals surface area contributed by atoms with E-state index in [4.69, 9.17) is 0 Å². The number of rotatable bonds is 3. The molecule has 2 nitrogen and oxygen atoms in total. The first-order chi connectivity index (χ1) is 6.68. The molecule has 2 heterocycles. The molecule has 0 aromatic heterocycles. The third-order valence-electron chi connectivity index (χ3n) is 4.04. The van der Waals surface area contributed by atoms with Crippen LogP contribution in [0.2, 0.25) is 0 Å². The molecule has 0 bridgehead atoms. The largest absolute Gasteiger partial charge is 0.316 e. The van der Waals surface area contributed by atoms with Gasteiger partial charge >= 0.3 is 0 Å². The van der Waals surface area contributed by atoms with Gasteiger partial charge in [-0.2, -0.15) is 0 Å². The Bertz CT molecular complexity index is 183. The Morgan fingerprint density at radius 3 is 2.86 bits per heavy atom. The smallest absolute Gasteiger partial charge is 0.0153 e. The highest BCUT2D eigenvalue weighted by atomic mass is 15.2. The zero-order chi connectivity index (χ0) is 10.0. The fraction of sp³-hybridized carbons (Fsp3) is 1.00. The summed E-state index contributed by atoms with van der Waals surface area (Å²) in [5.74, 6) is 0.950. The van der Waals surface area contributed by atoms with Crippen LogP contribution in [0.4, 0.5) is 0 Å². The predicted octanol–water partition coefficient (Wildman–Crippen LogP) is 1.86. The molecule has 82 valence electrons. The first-order valence-corrected chi connectivity index (χ1v) is 6.14. The molecule has 14 heavy (non-hydrogen) atoms. The number of nitrogens with zero attached hydrogens (tertiary/aromatic N) is 1. The van der Waals surface area contributed by atoms with Gasteiger partial charge in [0.25, 0.3) is 0 Å². The highest BCUT2D eigenvalue weighted by Gasteiger charge is 2.31. The van der Waals surface area contributed by atoms with Gasteiger partial charge in [0, 0.05) is 5.54 Å². The van der Waals surface area contributed by atoms with Crippen molar-refractivity contribution in [3.8, 4) is 0 Å². The van der Waals surface area contributed by atoms with Gasteiger partial charge in [-0.15, -0.1) is 0 Å². The van der Waals surface area contributed by atoms with Crippen molar-refractivity contribution in [2.24, 2.45) is 5.92 Å². The zero-order valence-corrected chi connectivity index (χ0v) is 9.68. The molecule has 1 N–H and O–H groups in total. The van der Waals surface area contributed by atoms with E-state index in [0.717, 1.165) is 5.92 Å². The molecule has 0 spiro atoms. The summed E-state index contributed by atoms with van der Waals surface area (Å²) in [6.07, 6.45) is 5.58. The maximum Gasteiger partial charge on any atom is 0.0153 e. The Hall–Kier alpha value is -0.0800. The lowest BCUT2D eigenvalue weighted by molar-refractivity contribution is 0.165. The van der Waals surface area contributed by atoms with E-state index in [0.29, 0.717) is 5.54 Å². The number of hydrogen-bond donors (Lipinski definition) is 1. The van der Waals surface area contributed by atoms with E-state index in [-0.39, 0.29) is 0 Å². The van der Waals surface area contributed by atoms with Crippen molar-refractivity contribution in [3.63, 3.8) is 0 Å². The molecule has 0 aromatic rings. The molecule has 1 unspecified atom stereocenters. The quantitative estimate of drug-likeness (QED) is 0.741. The number of nitrogens with one attached hydrogen (secondary N) is 1. The van der Waals surface area contributed by atoms with Crippen molar-refractivity contribution in [2.75, 3.05) is 26.2 Å². The lowest BCUT2D eigenvalue weighted by Crippen LogP contribution is -2.39. The van der Waals surface area contributed by atoms with Gasteiger partial charge in [0.1, 0.15) is 0 Å². The Morgan fingerprint density at radius 1 is 1.43 bits per heavy atom. The number of hydrogen-bond acceptors (Lipinski definition) is 2. The highest BCUT2D eigenvalue weighted by Crippen LogP contribution is 2.29. The maximum atomic E-state index is 3.45. The van der Waals surface area contributed by atoms with E-state index in [9.17, 15) is 0 Å². The Kier molecular flexibility index (Phi) is 3.13. The van der Waals surface area contributed by atoms with Crippen molar-refractivity contribution in [2.45, 2.75) is 45.1 Å². The van der Waals surface area contributed by atoms with Crippen LogP contribution in [0, 0.1) is 5.92 Å². The Morgan fingerprint density at radius 2 is 2.29 bits per heavy atom. The van der Waals surface area contributed by atoms with Crippen molar-refractivity contribution >= 4 is 0 Å². The average Bonchev–Trinajstić information content (AvgIpc) is 2.71. The third-order valence-corrected chi connectivity index (χ3v) is 4.04. The van der Waals surface area contributed by atoms with Crippen molar-refractivity contribution in [1.82, 2.24) is 10.2 Å². The molecule has 2 rings (SSSR count). The second-order valence-corrected chi connectivity index (χ2v) is 5.55. The summed E-state index contributed by atoms with van der Waals surface area (Å²) in [6, 6.07) is 0. The second kappa shape index (κ2) is 4.19. The summed E-state index contributed by atoms with van der Waals surface area (Å²) >= 11 is 0. The molecule has 0 aromatic carbocycles. The summed E-state index contributed by atoms with van der Waals surface area (Å²) in [6.45, 7) is 9.94. The Labute approximate surface area is 88.1 Å². The Balaban J connectivity index is 1.74. The molecule has 2 aliphatic heterocycles. The van der Waals surface area contributed by atoms with Gasteiger partial charge in [0.15, 0.2) is 0 Å².